The molecule has 1 aliphatic heterocycles. The number of benzene rings is 3. The Balaban J connectivity index is 1.65. The minimum atomic E-state index is -0.682. The molecule has 0 spiro atoms. The number of anilines is 2. The van der Waals surface area contributed by atoms with E-state index in [4.69, 9.17) is 4.74 Å². The molecule has 0 saturated heterocycles. The van der Waals surface area contributed by atoms with Crippen molar-refractivity contribution in [3.63, 3.8) is 0 Å². The lowest BCUT2D eigenvalue weighted by Crippen LogP contribution is -2.32. The van der Waals surface area contributed by atoms with Gasteiger partial charge in [0.25, 0.3) is 5.91 Å². The molecule has 0 saturated carbocycles. The van der Waals surface area contributed by atoms with Gasteiger partial charge in [-0.2, -0.15) is 0 Å². The van der Waals surface area contributed by atoms with E-state index in [1.807, 2.05) is 48.5 Å². The summed E-state index contributed by atoms with van der Waals surface area (Å²) in [6.45, 7) is -0.475. The highest BCUT2D eigenvalue weighted by Gasteiger charge is 2.28. The van der Waals surface area contributed by atoms with E-state index in [-0.39, 0.29) is 5.75 Å². The summed E-state index contributed by atoms with van der Waals surface area (Å²) in [5.74, 6) is -1.39. The van der Waals surface area contributed by atoms with E-state index in [9.17, 15) is 19.3 Å². The number of amides is 1. The third-order valence-electron chi connectivity index (χ3n) is 4.15. The van der Waals surface area contributed by atoms with Crippen molar-refractivity contribution in [3.8, 4) is 5.75 Å². The number of hydrogen-bond donors (Lipinski definition) is 0. The van der Waals surface area contributed by atoms with E-state index in [0.717, 1.165) is 28.0 Å². The number of nitrogens with zero attached hydrogens (tertiary/aromatic N) is 2. The van der Waals surface area contributed by atoms with E-state index < -0.39 is 28.9 Å². The molecule has 8 heteroatoms. The number of ether oxygens (including phenoxy) is 1. The molecule has 0 atom stereocenters. The Labute approximate surface area is 163 Å². The summed E-state index contributed by atoms with van der Waals surface area (Å²) in [6, 6.07) is 17.8. The molecule has 3 aromatic rings. The van der Waals surface area contributed by atoms with Crippen LogP contribution < -0.4 is 9.64 Å². The van der Waals surface area contributed by atoms with Crippen LogP contribution in [-0.4, -0.2) is 17.4 Å². The zero-order valence-corrected chi connectivity index (χ0v) is 15.2. The molecule has 0 fully saturated rings. The van der Waals surface area contributed by atoms with Crippen molar-refractivity contribution in [1.29, 1.82) is 0 Å². The second-order valence-corrected chi connectivity index (χ2v) is 7.01. The van der Waals surface area contributed by atoms with Gasteiger partial charge in [0, 0.05) is 21.9 Å². The van der Waals surface area contributed by atoms with Gasteiger partial charge in [-0.25, -0.2) is 4.39 Å². The molecule has 0 aliphatic carbocycles. The number of rotatable bonds is 4. The van der Waals surface area contributed by atoms with Gasteiger partial charge >= 0.3 is 5.69 Å². The number of halogens is 1. The highest BCUT2D eigenvalue weighted by molar-refractivity contribution is 7.99. The third kappa shape index (κ3) is 3.29. The number of nitro benzene ring substituents is 1. The molecule has 0 bridgehead atoms. The summed E-state index contributed by atoms with van der Waals surface area (Å²) in [5.41, 5.74) is 1.01. The molecule has 140 valence electrons. The Morgan fingerprint density at radius 3 is 2.25 bits per heavy atom. The smallest absolute Gasteiger partial charge is 0.311 e. The zero-order valence-electron chi connectivity index (χ0n) is 14.4. The van der Waals surface area contributed by atoms with Crippen LogP contribution in [0.3, 0.4) is 0 Å². The first-order chi connectivity index (χ1) is 13.5. The van der Waals surface area contributed by atoms with Gasteiger partial charge in [0.15, 0.2) is 6.61 Å². The van der Waals surface area contributed by atoms with Crippen molar-refractivity contribution < 1.29 is 18.8 Å². The Morgan fingerprint density at radius 2 is 1.64 bits per heavy atom. The lowest BCUT2D eigenvalue weighted by atomic mass is 10.2. The van der Waals surface area contributed by atoms with Crippen LogP contribution in [-0.2, 0) is 4.79 Å². The summed E-state index contributed by atoms with van der Waals surface area (Å²) < 4.78 is 18.8. The second-order valence-electron chi connectivity index (χ2n) is 5.92. The highest BCUT2D eigenvalue weighted by Crippen LogP contribution is 2.47. The molecular formula is C20H13FN2O4S. The van der Waals surface area contributed by atoms with Crippen LogP contribution in [0.2, 0.25) is 0 Å². The molecule has 0 unspecified atom stereocenters. The van der Waals surface area contributed by atoms with Crippen molar-refractivity contribution in [2.75, 3.05) is 11.5 Å². The number of hydrogen-bond acceptors (Lipinski definition) is 5. The summed E-state index contributed by atoms with van der Waals surface area (Å²) in [6.07, 6.45) is 0. The van der Waals surface area contributed by atoms with E-state index in [1.165, 1.54) is 4.90 Å². The topological polar surface area (TPSA) is 72.7 Å². The van der Waals surface area contributed by atoms with Gasteiger partial charge in [-0.15, -0.1) is 0 Å². The third-order valence-corrected chi connectivity index (χ3v) is 5.28. The van der Waals surface area contributed by atoms with Crippen molar-refractivity contribution in [2.45, 2.75) is 9.79 Å². The Hall–Kier alpha value is -3.39. The molecule has 1 aliphatic rings. The molecule has 28 heavy (non-hydrogen) atoms. The van der Waals surface area contributed by atoms with Gasteiger partial charge < -0.3 is 4.74 Å². The van der Waals surface area contributed by atoms with Crippen molar-refractivity contribution in [3.05, 3.63) is 82.7 Å². The van der Waals surface area contributed by atoms with Gasteiger partial charge in [-0.3, -0.25) is 19.8 Å². The molecule has 3 aromatic carbocycles. The lowest BCUT2D eigenvalue weighted by Gasteiger charge is -2.30. The number of fused-ring (bicyclic) bond motifs is 2. The van der Waals surface area contributed by atoms with Crippen molar-refractivity contribution >= 4 is 34.7 Å². The van der Waals surface area contributed by atoms with Crippen LogP contribution in [0.5, 0.6) is 5.75 Å². The predicted molar refractivity (Wildman–Crippen MR) is 103 cm³/mol. The van der Waals surface area contributed by atoms with Crippen LogP contribution in [0.25, 0.3) is 0 Å². The Kier molecular flexibility index (Phi) is 4.70. The minimum absolute atomic E-state index is 0.286. The highest BCUT2D eigenvalue weighted by atomic mass is 32.2. The molecule has 0 radical (unpaired) electrons. The monoisotopic (exact) mass is 396 g/mol. The summed E-state index contributed by atoms with van der Waals surface area (Å²) in [4.78, 5) is 26.8. The van der Waals surface area contributed by atoms with Crippen LogP contribution in [0.1, 0.15) is 0 Å². The lowest BCUT2D eigenvalue weighted by molar-refractivity contribution is -0.385. The molecule has 1 amide bonds. The van der Waals surface area contributed by atoms with E-state index in [1.54, 1.807) is 11.8 Å². The van der Waals surface area contributed by atoms with Crippen LogP contribution in [0.4, 0.5) is 21.5 Å². The minimum Gasteiger partial charge on any atom is -0.477 e. The average Bonchev–Trinajstić information content (AvgIpc) is 2.70. The van der Waals surface area contributed by atoms with Gasteiger partial charge in [0.2, 0.25) is 5.75 Å². The summed E-state index contributed by atoms with van der Waals surface area (Å²) in [7, 11) is 0. The zero-order chi connectivity index (χ0) is 19.7. The average molecular weight is 396 g/mol. The fourth-order valence-electron chi connectivity index (χ4n) is 2.93. The first-order valence-corrected chi connectivity index (χ1v) is 9.12. The molecule has 0 N–H and O–H groups in total. The molecule has 6 nitrogen and oxygen atoms in total. The van der Waals surface area contributed by atoms with Crippen molar-refractivity contribution in [2.24, 2.45) is 0 Å². The largest absolute Gasteiger partial charge is 0.477 e. The van der Waals surface area contributed by atoms with Crippen LogP contribution >= 0.6 is 11.8 Å². The molecule has 4 rings (SSSR count). The number of nitro groups is 1. The maximum Gasteiger partial charge on any atom is 0.311 e. The number of para-hydroxylation sites is 2. The van der Waals surface area contributed by atoms with Crippen molar-refractivity contribution in [1.82, 2.24) is 0 Å². The van der Waals surface area contributed by atoms with Gasteiger partial charge in [0.05, 0.1) is 16.3 Å². The maximum atomic E-state index is 13.5. The fraction of sp³-hybridized carbons (Fsp3) is 0.0500. The quantitative estimate of drug-likeness (QED) is 0.461. The summed E-state index contributed by atoms with van der Waals surface area (Å²) in [5, 5.41) is 11.1. The van der Waals surface area contributed by atoms with E-state index >= 15 is 0 Å². The summed E-state index contributed by atoms with van der Waals surface area (Å²) >= 11 is 1.55. The predicted octanol–water partition coefficient (Wildman–Crippen LogP) is 4.94. The first kappa shape index (κ1) is 18.0. The SMILES string of the molecule is O=C(COc1cc(F)ccc1[N+](=O)[O-])N1c2ccccc2Sc2ccccc21. The van der Waals surface area contributed by atoms with Gasteiger partial charge in [-0.05, 0) is 30.3 Å². The number of carbonyl (C=O) groups excluding carboxylic acids is 1. The second kappa shape index (κ2) is 7.32. The van der Waals surface area contributed by atoms with Crippen LogP contribution in [0.15, 0.2) is 76.5 Å². The maximum absolute atomic E-state index is 13.5. The van der Waals surface area contributed by atoms with Gasteiger partial charge in [-0.1, -0.05) is 36.0 Å². The molecule has 1 heterocycles. The fourth-order valence-corrected chi connectivity index (χ4v) is 3.99. The first-order valence-electron chi connectivity index (χ1n) is 8.30. The van der Waals surface area contributed by atoms with E-state index in [0.29, 0.717) is 11.4 Å². The van der Waals surface area contributed by atoms with Gasteiger partial charge in [0.1, 0.15) is 5.82 Å². The Morgan fingerprint density at radius 1 is 1.04 bits per heavy atom. The normalized spacial score (nSPS) is 12.1. The molecule has 0 aromatic heterocycles. The number of carbonyl (C=O) groups is 1. The standard InChI is InChI=1S/C20H13FN2O4S/c21-13-9-10-14(23(25)26)17(11-13)27-12-20(24)22-15-5-1-3-7-18(15)28-19-8-4-2-6-16(19)22/h1-11H,12H2. The van der Waals surface area contributed by atoms with Crippen LogP contribution in [0, 0.1) is 15.9 Å². The van der Waals surface area contributed by atoms with E-state index in [2.05, 4.69) is 0 Å². The Bertz CT molecular complexity index is 1040. The molecular weight excluding hydrogens is 383 g/mol.